The zero-order chi connectivity index (χ0) is 22.2. The maximum atomic E-state index is 12.4. The van der Waals surface area contributed by atoms with Gasteiger partial charge in [-0.25, -0.2) is 4.98 Å². The minimum Gasteiger partial charge on any atom is -0.447 e. The number of halogens is 1. The number of carbonyl (C=O) groups excluding carboxylic acids is 1. The van der Waals surface area contributed by atoms with E-state index in [4.69, 9.17) is 20.8 Å². The summed E-state index contributed by atoms with van der Waals surface area (Å²) in [4.78, 5) is 21.5. The average molecular weight is 449 g/mol. The van der Waals surface area contributed by atoms with Crippen LogP contribution in [0, 0.1) is 5.92 Å². The highest BCUT2D eigenvalue weighted by Gasteiger charge is 2.21. The molecule has 3 rings (SSSR count). The first-order valence-electron chi connectivity index (χ1n) is 10.9. The Balaban J connectivity index is 1.56. The van der Waals surface area contributed by atoms with Gasteiger partial charge in [-0.1, -0.05) is 37.6 Å². The third-order valence-corrected chi connectivity index (χ3v) is 6.03. The topological polar surface area (TPSA) is 70.8 Å². The van der Waals surface area contributed by atoms with Crippen LogP contribution in [0.4, 0.5) is 0 Å². The fraction of sp³-hybridized carbons (Fsp3) is 0.565. The quantitative estimate of drug-likeness (QED) is 0.600. The van der Waals surface area contributed by atoms with Crippen LogP contribution in [0.1, 0.15) is 42.7 Å². The Morgan fingerprint density at radius 3 is 2.58 bits per heavy atom. The van der Waals surface area contributed by atoms with Crippen LogP contribution in [0.2, 0.25) is 5.02 Å². The molecule has 0 aliphatic carbocycles. The second-order valence-electron chi connectivity index (χ2n) is 8.35. The molecule has 0 bridgehead atoms. The molecule has 1 aliphatic heterocycles. The number of oxazole rings is 1. The summed E-state index contributed by atoms with van der Waals surface area (Å²) >= 11 is 6.02. The normalized spacial score (nSPS) is 16.1. The number of rotatable bonds is 10. The van der Waals surface area contributed by atoms with Crippen LogP contribution in [-0.2, 0) is 17.8 Å². The van der Waals surface area contributed by atoms with Crippen LogP contribution >= 0.6 is 11.6 Å². The summed E-state index contributed by atoms with van der Waals surface area (Å²) in [7, 11) is 0. The van der Waals surface area contributed by atoms with Gasteiger partial charge < -0.3 is 14.5 Å². The van der Waals surface area contributed by atoms with Crippen molar-refractivity contribution in [1.82, 2.24) is 20.1 Å². The van der Waals surface area contributed by atoms with E-state index in [1.165, 1.54) is 11.8 Å². The van der Waals surface area contributed by atoms with E-state index in [0.29, 0.717) is 36.6 Å². The second-order valence-corrected chi connectivity index (χ2v) is 8.79. The summed E-state index contributed by atoms with van der Waals surface area (Å²) in [5.41, 5.74) is 1.49. The van der Waals surface area contributed by atoms with Crippen molar-refractivity contribution in [3.63, 3.8) is 0 Å². The first-order chi connectivity index (χ1) is 14.9. The van der Waals surface area contributed by atoms with Gasteiger partial charge in [0.1, 0.15) is 6.26 Å². The summed E-state index contributed by atoms with van der Waals surface area (Å²) in [5, 5.41) is 3.66. The number of carbonyl (C=O) groups is 1. The third kappa shape index (κ3) is 7.31. The summed E-state index contributed by atoms with van der Waals surface area (Å²) in [6.45, 7) is 12.6. The van der Waals surface area contributed by atoms with Gasteiger partial charge in [-0.2, -0.15) is 0 Å². The molecule has 1 atom stereocenters. The molecule has 1 N–H and O–H groups in total. The highest BCUT2D eigenvalue weighted by atomic mass is 35.5. The monoisotopic (exact) mass is 448 g/mol. The van der Waals surface area contributed by atoms with Crippen molar-refractivity contribution in [2.75, 3.05) is 39.4 Å². The van der Waals surface area contributed by atoms with E-state index in [1.807, 2.05) is 24.3 Å². The zero-order valence-corrected chi connectivity index (χ0v) is 19.4. The second kappa shape index (κ2) is 11.6. The molecule has 1 aromatic carbocycles. The molecule has 170 valence electrons. The molecule has 0 unspecified atom stereocenters. The largest absolute Gasteiger partial charge is 0.447 e. The Labute approximate surface area is 189 Å². The molecule has 0 radical (unpaired) electrons. The Kier molecular flexibility index (Phi) is 8.90. The van der Waals surface area contributed by atoms with Crippen LogP contribution in [0.25, 0.3) is 0 Å². The fourth-order valence-electron chi connectivity index (χ4n) is 3.49. The molecular weight excluding hydrogens is 416 g/mol. The van der Waals surface area contributed by atoms with E-state index in [1.54, 1.807) is 0 Å². The van der Waals surface area contributed by atoms with Gasteiger partial charge in [0, 0.05) is 43.8 Å². The molecule has 1 aromatic heterocycles. The first-order valence-corrected chi connectivity index (χ1v) is 11.3. The Morgan fingerprint density at radius 1 is 1.19 bits per heavy atom. The van der Waals surface area contributed by atoms with Crippen molar-refractivity contribution in [2.24, 2.45) is 5.92 Å². The van der Waals surface area contributed by atoms with Gasteiger partial charge in [0.15, 0.2) is 5.69 Å². The number of nitrogens with zero attached hydrogens (tertiary/aromatic N) is 3. The first kappa shape index (κ1) is 23.7. The number of amides is 1. The van der Waals surface area contributed by atoms with Crippen molar-refractivity contribution in [3.05, 3.63) is 52.7 Å². The number of nitrogens with one attached hydrogen (secondary N) is 1. The zero-order valence-electron chi connectivity index (χ0n) is 18.6. The summed E-state index contributed by atoms with van der Waals surface area (Å²) < 4.78 is 11.0. The number of aromatic nitrogens is 1. The van der Waals surface area contributed by atoms with Crippen molar-refractivity contribution < 1.29 is 13.9 Å². The standard InChI is InChI=1S/C23H33ClN4O3/c1-17(2)18(3)28(14-19-4-6-20(24)7-5-19)15-22-26-21(16-31-22)23(29)25-8-9-27-10-12-30-13-11-27/h4-7,16-18H,8-15H2,1-3H3,(H,25,29)/t18-/m0/s1. The number of benzene rings is 1. The molecule has 1 saturated heterocycles. The molecular formula is C23H33ClN4O3. The lowest BCUT2D eigenvalue weighted by atomic mass is 10.0. The molecule has 1 amide bonds. The molecule has 1 fully saturated rings. The minimum atomic E-state index is -0.204. The molecule has 8 heteroatoms. The van der Waals surface area contributed by atoms with Gasteiger partial charge in [-0.15, -0.1) is 0 Å². The number of morpholine rings is 1. The lowest BCUT2D eigenvalue weighted by molar-refractivity contribution is 0.0383. The number of hydrogen-bond acceptors (Lipinski definition) is 6. The average Bonchev–Trinajstić information content (AvgIpc) is 3.23. The van der Waals surface area contributed by atoms with Crippen LogP contribution in [-0.4, -0.2) is 66.1 Å². The van der Waals surface area contributed by atoms with Crippen LogP contribution in [0.15, 0.2) is 34.9 Å². The van der Waals surface area contributed by atoms with Gasteiger partial charge in [0.2, 0.25) is 5.89 Å². The Bertz CT molecular complexity index is 818. The van der Waals surface area contributed by atoms with Crippen LogP contribution < -0.4 is 5.32 Å². The van der Waals surface area contributed by atoms with Crippen molar-refractivity contribution >= 4 is 17.5 Å². The molecule has 0 spiro atoms. The van der Waals surface area contributed by atoms with E-state index < -0.39 is 0 Å². The van der Waals surface area contributed by atoms with Gasteiger partial charge >= 0.3 is 0 Å². The predicted octanol–water partition coefficient (Wildman–Crippen LogP) is 3.44. The molecule has 7 nitrogen and oxygen atoms in total. The number of hydrogen-bond donors (Lipinski definition) is 1. The van der Waals surface area contributed by atoms with Crippen molar-refractivity contribution in [2.45, 2.75) is 39.9 Å². The van der Waals surface area contributed by atoms with Crippen molar-refractivity contribution in [1.29, 1.82) is 0 Å². The lowest BCUT2D eigenvalue weighted by Crippen LogP contribution is -2.41. The van der Waals surface area contributed by atoms with Gasteiger partial charge in [0.05, 0.1) is 19.8 Å². The lowest BCUT2D eigenvalue weighted by Gasteiger charge is -2.30. The Hall–Kier alpha value is -1.93. The predicted molar refractivity (Wildman–Crippen MR) is 121 cm³/mol. The highest BCUT2D eigenvalue weighted by molar-refractivity contribution is 6.30. The highest BCUT2D eigenvalue weighted by Crippen LogP contribution is 2.19. The van der Waals surface area contributed by atoms with Crippen molar-refractivity contribution in [3.8, 4) is 0 Å². The van der Waals surface area contributed by atoms with Gasteiger partial charge in [-0.05, 0) is 30.5 Å². The molecule has 2 aromatic rings. The van der Waals surface area contributed by atoms with Gasteiger partial charge in [0.25, 0.3) is 5.91 Å². The number of ether oxygens (including phenoxy) is 1. The van der Waals surface area contributed by atoms with E-state index >= 15 is 0 Å². The van der Waals surface area contributed by atoms with E-state index in [-0.39, 0.29) is 5.91 Å². The summed E-state index contributed by atoms with van der Waals surface area (Å²) in [6, 6.07) is 8.18. The molecule has 2 heterocycles. The summed E-state index contributed by atoms with van der Waals surface area (Å²) in [6.07, 6.45) is 1.44. The SMILES string of the molecule is CC(C)[C@H](C)N(Cc1ccc(Cl)cc1)Cc1nc(C(=O)NCCN2CCOCC2)co1. The minimum absolute atomic E-state index is 0.204. The van der Waals surface area contributed by atoms with E-state index in [9.17, 15) is 4.79 Å². The smallest absolute Gasteiger partial charge is 0.273 e. The van der Waals surface area contributed by atoms with E-state index in [2.05, 4.69) is 40.9 Å². The maximum Gasteiger partial charge on any atom is 0.273 e. The molecule has 31 heavy (non-hydrogen) atoms. The van der Waals surface area contributed by atoms with Gasteiger partial charge in [-0.3, -0.25) is 14.6 Å². The van der Waals surface area contributed by atoms with Crippen LogP contribution in [0.3, 0.4) is 0 Å². The molecule has 1 aliphatic rings. The molecule has 0 saturated carbocycles. The maximum absolute atomic E-state index is 12.4. The third-order valence-electron chi connectivity index (χ3n) is 5.78. The summed E-state index contributed by atoms with van der Waals surface area (Å²) in [5.74, 6) is 0.800. The fourth-order valence-corrected chi connectivity index (χ4v) is 3.62. The Morgan fingerprint density at radius 2 is 1.90 bits per heavy atom. The van der Waals surface area contributed by atoms with Crippen LogP contribution in [0.5, 0.6) is 0 Å². The van der Waals surface area contributed by atoms with E-state index in [0.717, 1.165) is 44.4 Å².